The topological polar surface area (TPSA) is 92.8 Å². The summed E-state index contributed by atoms with van der Waals surface area (Å²) in [6.45, 7) is 2.64. The van der Waals surface area contributed by atoms with Crippen molar-refractivity contribution < 1.29 is 13.9 Å². The van der Waals surface area contributed by atoms with Crippen LogP contribution in [0, 0.1) is 5.82 Å². The van der Waals surface area contributed by atoms with Gasteiger partial charge in [-0.2, -0.15) is 0 Å². The molecule has 3 N–H and O–H groups in total. The van der Waals surface area contributed by atoms with Crippen LogP contribution in [0.3, 0.4) is 0 Å². The van der Waals surface area contributed by atoms with Gasteiger partial charge in [0.15, 0.2) is 17.3 Å². The van der Waals surface area contributed by atoms with E-state index in [-0.39, 0.29) is 22.7 Å². The van der Waals surface area contributed by atoms with Crippen molar-refractivity contribution in [2.75, 3.05) is 38.1 Å². The van der Waals surface area contributed by atoms with Gasteiger partial charge >= 0.3 is 0 Å². The van der Waals surface area contributed by atoms with Crippen LogP contribution in [0.2, 0.25) is 0 Å². The second-order valence-corrected chi connectivity index (χ2v) is 10.1. The Morgan fingerprint density at radius 2 is 2.08 bits per heavy atom. The van der Waals surface area contributed by atoms with Gasteiger partial charge in [-0.25, -0.2) is 4.39 Å². The van der Waals surface area contributed by atoms with Crippen LogP contribution in [0.15, 0.2) is 41.3 Å². The van der Waals surface area contributed by atoms with Gasteiger partial charge in [-0.1, -0.05) is 12.1 Å². The summed E-state index contributed by atoms with van der Waals surface area (Å²) in [6, 6.07) is 8.96. The van der Waals surface area contributed by atoms with Crippen molar-refractivity contribution in [3.8, 4) is 17.2 Å². The number of carbonyl (C=O) groups is 1. The van der Waals surface area contributed by atoms with E-state index in [0.717, 1.165) is 32.2 Å². The van der Waals surface area contributed by atoms with Crippen molar-refractivity contribution in [3.05, 3.63) is 58.1 Å². The molecular formula is C27H30FN5O3. The summed E-state index contributed by atoms with van der Waals surface area (Å²) in [5, 5.41) is 3.03. The van der Waals surface area contributed by atoms with Gasteiger partial charge in [-0.15, -0.1) is 0 Å². The summed E-state index contributed by atoms with van der Waals surface area (Å²) in [7, 11) is 2.09. The van der Waals surface area contributed by atoms with Crippen LogP contribution >= 0.6 is 0 Å². The minimum absolute atomic E-state index is 0.0136. The molecule has 2 fully saturated rings. The third-order valence-corrected chi connectivity index (χ3v) is 7.73. The smallest absolute Gasteiger partial charge is 0.256 e. The minimum atomic E-state index is -0.559. The van der Waals surface area contributed by atoms with Crippen LogP contribution in [-0.4, -0.2) is 60.7 Å². The number of nitrogens with two attached hydrogens (primary N) is 1. The summed E-state index contributed by atoms with van der Waals surface area (Å²) >= 11 is 0. The fourth-order valence-corrected chi connectivity index (χ4v) is 5.79. The first-order valence-electron chi connectivity index (χ1n) is 12.6. The Morgan fingerprint density at radius 1 is 1.25 bits per heavy atom. The zero-order chi connectivity index (χ0) is 25.0. The SMILES string of the molecule is CN1CCCC1CCNC(=O)c1cn2c3c(c(N4CC[C@@H](N)C4)c(F)cc3c1=O)Oc1ccccc1-2. The molecule has 8 nitrogen and oxygen atoms in total. The Hall–Kier alpha value is -3.43. The predicted molar refractivity (Wildman–Crippen MR) is 137 cm³/mol. The van der Waals surface area contributed by atoms with Crippen LogP contribution < -0.4 is 26.1 Å². The minimum Gasteiger partial charge on any atom is -0.451 e. The van der Waals surface area contributed by atoms with Gasteiger partial charge in [0.05, 0.1) is 11.1 Å². The fourth-order valence-electron chi connectivity index (χ4n) is 5.79. The summed E-state index contributed by atoms with van der Waals surface area (Å²) < 4.78 is 23.6. The van der Waals surface area contributed by atoms with Crippen LogP contribution in [0.25, 0.3) is 16.6 Å². The molecule has 2 aromatic carbocycles. The van der Waals surface area contributed by atoms with Gasteiger partial charge in [-0.05, 0) is 57.5 Å². The number of amides is 1. The van der Waals surface area contributed by atoms with E-state index < -0.39 is 17.2 Å². The van der Waals surface area contributed by atoms with Gasteiger partial charge in [0.2, 0.25) is 5.43 Å². The number of rotatable bonds is 5. The average Bonchev–Trinajstić information content (AvgIpc) is 3.48. The molecule has 2 atom stereocenters. The molecule has 1 aromatic heterocycles. The highest BCUT2D eigenvalue weighted by molar-refractivity contribution is 6.01. The van der Waals surface area contributed by atoms with Crippen molar-refractivity contribution in [1.29, 1.82) is 0 Å². The standard InChI is InChI=1S/C27H30FN5O3/c1-31-11-4-5-17(31)8-10-30-27(35)19-15-33-21-6-2-3-7-22(21)36-26-23(33)18(25(19)34)13-20(28)24(26)32-12-9-16(29)14-32/h2-3,6-7,13,15-17H,4-5,8-12,14,29H2,1H3,(H,30,35)/t16-,17?/m1/s1. The Bertz CT molecular complexity index is 1420. The number of likely N-dealkylation sites (tertiary alicyclic amines) is 1. The van der Waals surface area contributed by atoms with E-state index in [4.69, 9.17) is 10.5 Å². The molecule has 0 radical (unpaired) electrons. The number of anilines is 1. The van der Waals surface area contributed by atoms with Crippen molar-refractivity contribution in [2.24, 2.45) is 5.73 Å². The lowest BCUT2D eigenvalue weighted by molar-refractivity contribution is 0.0949. The lowest BCUT2D eigenvalue weighted by atomic mass is 10.1. The average molecular weight is 492 g/mol. The number of carbonyl (C=O) groups excluding carboxylic acids is 1. The summed E-state index contributed by atoms with van der Waals surface area (Å²) in [4.78, 5) is 30.8. The van der Waals surface area contributed by atoms with Gasteiger partial charge in [-0.3, -0.25) is 9.59 Å². The highest BCUT2D eigenvalue weighted by Gasteiger charge is 2.32. The normalized spacial score (nSPS) is 21.0. The fraction of sp³-hybridized carbons (Fsp3) is 0.407. The van der Waals surface area contributed by atoms with Gasteiger partial charge in [0.1, 0.15) is 16.8 Å². The zero-order valence-electron chi connectivity index (χ0n) is 20.3. The Balaban J connectivity index is 1.44. The number of para-hydroxylation sites is 2. The molecule has 3 aromatic rings. The quantitative estimate of drug-likeness (QED) is 0.446. The number of nitrogens with one attached hydrogen (secondary N) is 1. The lowest BCUT2D eigenvalue weighted by Gasteiger charge is -2.29. The predicted octanol–water partition coefficient (Wildman–Crippen LogP) is 2.99. The van der Waals surface area contributed by atoms with Gasteiger partial charge in [0.25, 0.3) is 5.91 Å². The Kier molecular flexibility index (Phi) is 5.69. The molecule has 36 heavy (non-hydrogen) atoms. The molecule has 0 saturated carbocycles. The van der Waals surface area contributed by atoms with E-state index in [9.17, 15) is 9.59 Å². The molecule has 4 heterocycles. The molecule has 3 aliphatic rings. The third-order valence-electron chi connectivity index (χ3n) is 7.73. The second-order valence-electron chi connectivity index (χ2n) is 10.1. The molecule has 188 valence electrons. The summed E-state index contributed by atoms with van der Waals surface area (Å²) in [6.07, 6.45) is 5.39. The van der Waals surface area contributed by atoms with E-state index >= 15 is 4.39 Å². The first-order valence-corrected chi connectivity index (χ1v) is 12.6. The molecule has 1 amide bonds. The second kappa shape index (κ2) is 8.90. The highest BCUT2D eigenvalue weighted by Crippen LogP contribution is 2.46. The number of aromatic nitrogens is 1. The highest BCUT2D eigenvalue weighted by atomic mass is 19.1. The van der Waals surface area contributed by atoms with Crippen LogP contribution in [0.1, 0.15) is 36.0 Å². The van der Waals surface area contributed by atoms with E-state index in [1.54, 1.807) is 16.8 Å². The molecule has 0 aliphatic carbocycles. The van der Waals surface area contributed by atoms with Gasteiger partial charge in [0, 0.05) is 37.9 Å². The van der Waals surface area contributed by atoms with E-state index in [1.807, 2.05) is 23.1 Å². The van der Waals surface area contributed by atoms with Crippen molar-refractivity contribution in [2.45, 2.75) is 37.8 Å². The summed E-state index contributed by atoms with van der Waals surface area (Å²) in [5.41, 5.74) is 7.02. The molecule has 6 rings (SSSR count). The summed E-state index contributed by atoms with van der Waals surface area (Å²) in [5.74, 6) is -0.199. The Morgan fingerprint density at radius 3 is 2.83 bits per heavy atom. The van der Waals surface area contributed by atoms with E-state index in [0.29, 0.717) is 48.3 Å². The lowest BCUT2D eigenvalue weighted by Crippen LogP contribution is -2.34. The molecule has 0 bridgehead atoms. The number of benzene rings is 2. The number of hydrogen-bond donors (Lipinski definition) is 2. The van der Waals surface area contributed by atoms with Crippen molar-refractivity contribution in [1.82, 2.24) is 14.8 Å². The van der Waals surface area contributed by atoms with Crippen molar-refractivity contribution in [3.63, 3.8) is 0 Å². The maximum absolute atomic E-state index is 15.6. The monoisotopic (exact) mass is 491 g/mol. The molecule has 9 heteroatoms. The molecule has 0 spiro atoms. The number of hydrogen-bond acceptors (Lipinski definition) is 6. The number of ether oxygens (including phenoxy) is 1. The molecular weight excluding hydrogens is 461 g/mol. The molecule has 2 saturated heterocycles. The maximum atomic E-state index is 15.6. The third kappa shape index (κ3) is 3.74. The molecule has 1 unspecified atom stereocenters. The van der Waals surface area contributed by atoms with Crippen LogP contribution in [-0.2, 0) is 0 Å². The number of pyridine rings is 1. The maximum Gasteiger partial charge on any atom is 0.256 e. The van der Waals surface area contributed by atoms with E-state index in [1.165, 1.54) is 6.07 Å². The zero-order valence-corrected chi connectivity index (χ0v) is 20.3. The Labute approximate surface area is 208 Å². The van der Waals surface area contributed by atoms with Crippen LogP contribution in [0.4, 0.5) is 10.1 Å². The number of fused-ring (bicyclic) bond motifs is 2. The van der Waals surface area contributed by atoms with Crippen LogP contribution in [0.5, 0.6) is 11.5 Å². The number of nitrogens with zero attached hydrogens (tertiary/aromatic N) is 3. The first kappa shape index (κ1) is 23.0. The number of halogens is 1. The molecule has 3 aliphatic heterocycles. The van der Waals surface area contributed by atoms with E-state index in [2.05, 4.69) is 17.3 Å². The van der Waals surface area contributed by atoms with Crippen molar-refractivity contribution >= 4 is 22.5 Å². The van der Waals surface area contributed by atoms with Gasteiger partial charge < -0.3 is 30.2 Å². The first-order chi connectivity index (χ1) is 17.4. The largest absolute Gasteiger partial charge is 0.451 e.